The Balaban J connectivity index is 1.61. The molecule has 0 saturated heterocycles. The fourth-order valence-corrected chi connectivity index (χ4v) is 5.10. The molecule has 0 aliphatic rings. The maximum absolute atomic E-state index is 13.3. The summed E-state index contributed by atoms with van der Waals surface area (Å²) in [6.07, 6.45) is -3.07. The number of carbonyl (C=O) groups excluding carboxylic acids is 1. The molecule has 1 amide bonds. The van der Waals surface area contributed by atoms with Gasteiger partial charge in [-0.05, 0) is 31.2 Å². The average molecular weight is 506 g/mol. The predicted molar refractivity (Wildman–Crippen MR) is 127 cm³/mol. The highest BCUT2D eigenvalue weighted by Gasteiger charge is 2.33. The first kappa shape index (κ1) is 23.8. The molecule has 176 valence electrons. The van der Waals surface area contributed by atoms with Gasteiger partial charge in [-0.15, -0.1) is 17.9 Å². The molecule has 0 unspecified atom stereocenters. The molecular weight excluding hydrogens is 487 g/mol. The number of nitrogens with zero attached hydrogens (tertiary/aromatic N) is 2. The van der Waals surface area contributed by atoms with E-state index in [1.165, 1.54) is 40.2 Å². The van der Waals surface area contributed by atoms with E-state index in [0.717, 1.165) is 17.8 Å². The predicted octanol–water partition coefficient (Wildman–Crippen LogP) is 5.96. The standard InChI is InChI=1S/C23H18F3N3O3S2/c1-3-10-29-21(31)19-14(17-9-8-13(2)32-17)11-33-20(19)28-22(29)34-12-18(30)27-16-7-5-4-6-15(16)23(24,25)26/h3-9,11H,1,10,12H2,2H3,(H,27,30). The molecule has 11 heteroatoms. The first-order chi connectivity index (χ1) is 16.2. The van der Waals surface area contributed by atoms with Gasteiger partial charge in [0.2, 0.25) is 5.91 Å². The van der Waals surface area contributed by atoms with Gasteiger partial charge in [0.05, 0.1) is 22.4 Å². The van der Waals surface area contributed by atoms with Gasteiger partial charge in [-0.25, -0.2) is 4.98 Å². The number of aryl methyl sites for hydroxylation is 1. The summed E-state index contributed by atoms with van der Waals surface area (Å²) in [6, 6.07) is 8.32. The number of nitrogens with one attached hydrogen (secondary N) is 1. The summed E-state index contributed by atoms with van der Waals surface area (Å²) in [5.74, 6) is 0.366. The van der Waals surface area contributed by atoms with E-state index >= 15 is 0 Å². The fraction of sp³-hybridized carbons (Fsp3) is 0.174. The molecule has 4 aromatic rings. The molecule has 0 spiro atoms. The van der Waals surface area contributed by atoms with Crippen LogP contribution in [-0.2, 0) is 17.5 Å². The summed E-state index contributed by atoms with van der Waals surface area (Å²) in [7, 11) is 0. The van der Waals surface area contributed by atoms with Crippen LogP contribution in [0.5, 0.6) is 0 Å². The van der Waals surface area contributed by atoms with Gasteiger partial charge in [0, 0.05) is 17.5 Å². The van der Waals surface area contributed by atoms with E-state index in [4.69, 9.17) is 4.42 Å². The number of halogens is 3. The first-order valence-electron chi connectivity index (χ1n) is 9.97. The second-order valence-electron chi connectivity index (χ2n) is 7.22. The summed E-state index contributed by atoms with van der Waals surface area (Å²) in [5, 5.41) is 4.74. The second kappa shape index (κ2) is 9.51. The van der Waals surface area contributed by atoms with Crippen LogP contribution in [0.15, 0.2) is 68.8 Å². The van der Waals surface area contributed by atoms with Gasteiger partial charge in [-0.3, -0.25) is 14.2 Å². The van der Waals surface area contributed by atoms with Crippen LogP contribution in [0.2, 0.25) is 0 Å². The number of amides is 1. The Kier molecular flexibility index (Phi) is 6.67. The Morgan fingerprint density at radius 3 is 2.74 bits per heavy atom. The van der Waals surface area contributed by atoms with Crippen LogP contribution < -0.4 is 10.9 Å². The van der Waals surface area contributed by atoms with Gasteiger partial charge in [0.25, 0.3) is 5.56 Å². The van der Waals surface area contributed by atoms with Crippen molar-refractivity contribution in [2.45, 2.75) is 24.8 Å². The van der Waals surface area contributed by atoms with Crippen LogP contribution in [0.4, 0.5) is 18.9 Å². The van der Waals surface area contributed by atoms with Crippen molar-refractivity contribution >= 4 is 44.9 Å². The zero-order chi connectivity index (χ0) is 24.5. The molecular formula is C23H18F3N3O3S2. The van der Waals surface area contributed by atoms with Crippen molar-refractivity contribution in [2.75, 3.05) is 11.1 Å². The zero-order valence-electron chi connectivity index (χ0n) is 17.8. The molecule has 3 aromatic heterocycles. The minimum atomic E-state index is -4.60. The number of para-hydroxylation sites is 1. The van der Waals surface area contributed by atoms with Crippen molar-refractivity contribution in [3.05, 3.63) is 76.1 Å². The van der Waals surface area contributed by atoms with E-state index in [1.54, 1.807) is 24.4 Å². The lowest BCUT2D eigenvalue weighted by molar-refractivity contribution is -0.137. The molecule has 0 saturated carbocycles. The second-order valence-corrected chi connectivity index (χ2v) is 9.02. The zero-order valence-corrected chi connectivity index (χ0v) is 19.4. The maximum Gasteiger partial charge on any atom is 0.418 e. The molecule has 0 bridgehead atoms. The van der Waals surface area contributed by atoms with Crippen molar-refractivity contribution in [3.63, 3.8) is 0 Å². The van der Waals surface area contributed by atoms with Crippen molar-refractivity contribution in [3.8, 4) is 11.3 Å². The van der Waals surface area contributed by atoms with E-state index in [2.05, 4.69) is 16.9 Å². The highest BCUT2D eigenvalue weighted by molar-refractivity contribution is 7.99. The van der Waals surface area contributed by atoms with E-state index in [1.807, 2.05) is 0 Å². The number of allylic oxidation sites excluding steroid dienone is 1. The van der Waals surface area contributed by atoms with Crippen LogP contribution in [0.1, 0.15) is 11.3 Å². The monoisotopic (exact) mass is 505 g/mol. The molecule has 6 nitrogen and oxygen atoms in total. The van der Waals surface area contributed by atoms with Gasteiger partial charge in [0.1, 0.15) is 16.4 Å². The molecule has 0 aliphatic carbocycles. The van der Waals surface area contributed by atoms with Gasteiger partial charge in [0.15, 0.2) is 5.16 Å². The number of aromatic nitrogens is 2. The molecule has 0 aliphatic heterocycles. The topological polar surface area (TPSA) is 77.1 Å². The number of benzene rings is 1. The molecule has 1 aromatic carbocycles. The Bertz CT molecular complexity index is 1440. The Morgan fingerprint density at radius 1 is 1.29 bits per heavy atom. The third kappa shape index (κ3) is 4.80. The summed E-state index contributed by atoms with van der Waals surface area (Å²) < 4.78 is 46.6. The van der Waals surface area contributed by atoms with Gasteiger partial charge in [-0.2, -0.15) is 13.2 Å². The third-order valence-corrected chi connectivity index (χ3v) is 6.66. The number of anilines is 1. The number of rotatable bonds is 7. The number of fused-ring (bicyclic) bond motifs is 1. The van der Waals surface area contributed by atoms with Crippen LogP contribution in [-0.4, -0.2) is 21.2 Å². The lowest BCUT2D eigenvalue weighted by Gasteiger charge is -2.14. The Labute approximate surface area is 200 Å². The summed E-state index contributed by atoms with van der Waals surface area (Å²) >= 11 is 2.23. The number of carbonyl (C=O) groups is 1. The lowest BCUT2D eigenvalue weighted by atomic mass is 10.1. The molecule has 34 heavy (non-hydrogen) atoms. The molecule has 4 rings (SSSR count). The third-order valence-electron chi connectivity index (χ3n) is 4.82. The SMILES string of the molecule is C=CCn1c(SCC(=O)Nc2ccccc2C(F)(F)F)nc2scc(-c3ccc(C)o3)c2c1=O. The highest BCUT2D eigenvalue weighted by Crippen LogP contribution is 2.35. The van der Waals surface area contributed by atoms with Gasteiger partial charge >= 0.3 is 6.18 Å². The molecule has 3 heterocycles. The lowest BCUT2D eigenvalue weighted by Crippen LogP contribution is -2.24. The van der Waals surface area contributed by atoms with Crippen LogP contribution in [0, 0.1) is 6.92 Å². The Hall–Kier alpha value is -3.31. The largest absolute Gasteiger partial charge is 0.461 e. The summed E-state index contributed by atoms with van der Waals surface area (Å²) in [4.78, 5) is 30.7. The number of thioether (sulfide) groups is 1. The number of hydrogen-bond acceptors (Lipinski definition) is 6. The summed E-state index contributed by atoms with van der Waals surface area (Å²) in [5.41, 5.74) is -0.957. The highest BCUT2D eigenvalue weighted by atomic mass is 32.2. The minimum Gasteiger partial charge on any atom is -0.461 e. The number of hydrogen-bond donors (Lipinski definition) is 1. The summed E-state index contributed by atoms with van der Waals surface area (Å²) in [6.45, 7) is 5.63. The minimum absolute atomic E-state index is 0.148. The van der Waals surface area contributed by atoms with E-state index in [9.17, 15) is 22.8 Å². The van der Waals surface area contributed by atoms with E-state index in [0.29, 0.717) is 27.3 Å². The smallest absolute Gasteiger partial charge is 0.418 e. The molecule has 0 radical (unpaired) electrons. The average Bonchev–Trinajstić information content (AvgIpc) is 3.40. The van der Waals surface area contributed by atoms with Crippen molar-refractivity contribution in [1.82, 2.24) is 9.55 Å². The van der Waals surface area contributed by atoms with Crippen LogP contribution >= 0.6 is 23.1 Å². The number of alkyl halides is 3. The van der Waals surface area contributed by atoms with Crippen molar-refractivity contribution < 1.29 is 22.4 Å². The van der Waals surface area contributed by atoms with Gasteiger partial charge < -0.3 is 9.73 Å². The fourth-order valence-electron chi connectivity index (χ4n) is 3.32. The van der Waals surface area contributed by atoms with E-state index < -0.39 is 17.6 Å². The number of furan rings is 1. The van der Waals surface area contributed by atoms with Crippen molar-refractivity contribution in [2.24, 2.45) is 0 Å². The maximum atomic E-state index is 13.3. The quantitative estimate of drug-likeness (QED) is 0.190. The molecule has 0 atom stereocenters. The normalized spacial score (nSPS) is 11.6. The van der Waals surface area contributed by atoms with Crippen LogP contribution in [0.3, 0.4) is 0 Å². The molecule has 1 N–H and O–H groups in total. The molecule has 0 fully saturated rings. The van der Waals surface area contributed by atoms with Gasteiger partial charge in [-0.1, -0.05) is 30.0 Å². The van der Waals surface area contributed by atoms with Crippen LogP contribution in [0.25, 0.3) is 21.5 Å². The first-order valence-corrected chi connectivity index (χ1v) is 11.8. The Morgan fingerprint density at radius 2 is 2.06 bits per heavy atom. The van der Waals surface area contributed by atoms with E-state index in [-0.39, 0.29) is 28.7 Å². The van der Waals surface area contributed by atoms with Crippen molar-refractivity contribution in [1.29, 1.82) is 0 Å². The number of thiophene rings is 1.